The Kier molecular flexibility index (Phi) is 3.97. The summed E-state index contributed by atoms with van der Waals surface area (Å²) in [5.41, 5.74) is 2.11. The Balaban J connectivity index is 1.24. The van der Waals surface area contributed by atoms with E-state index < -0.39 is 0 Å². The molecular weight excluding hydrogens is 340 g/mol. The molecular formula is C20H24N6O. The van der Waals surface area contributed by atoms with E-state index in [0.29, 0.717) is 12.0 Å². The van der Waals surface area contributed by atoms with Gasteiger partial charge in [-0.2, -0.15) is 4.52 Å². The first kappa shape index (κ1) is 16.5. The second-order valence-corrected chi connectivity index (χ2v) is 7.62. The average Bonchev–Trinajstić information content (AvgIpc) is 3.40. The predicted molar refractivity (Wildman–Crippen MR) is 103 cm³/mol. The van der Waals surface area contributed by atoms with E-state index in [-0.39, 0.29) is 0 Å². The minimum atomic E-state index is 0.525. The first-order valence-corrected chi connectivity index (χ1v) is 9.52. The van der Waals surface area contributed by atoms with Crippen LogP contribution in [0.25, 0.3) is 5.65 Å². The molecule has 1 saturated heterocycles. The fourth-order valence-electron chi connectivity index (χ4n) is 3.67. The average molecular weight is 364 g/mol. The lowest BCUT2D eigenvalue weighted by molar-refractivity contribution is 0.196. The van der Waals surface area contributed by atoms with E-state index in [1.807, 2.05) is 22.7 Å². The maximum atomic E-state index is 5.32. The van der Waals surface area contributed by atoms with Crippen molar-refractivity contribution < 1.29 is 4.74 Å². The van der Waals surface area contributed by atoms with Gasteiger partial charge in [-0.25, -0.2) is 0 Å². The van der Waals surface area contributed by atoms with Crippen LogP contribution in [0.4, 0.5) is 5.82 Å². The lowest BCUT2D eigenvalue weighted by Gasteiger charge is -2.44. The van der Waals surface area contributed by atoms with Crippen LogP contribution in [0, 0.1) is 0 Å². The molecule has 0 atom stereocenters. The highest BCUT2D eigenvalue weighted by atomic mass is 16.5. The van der Waals surface area contributed by atoms with Gasteiger partial charge in [0.15, 0.2) is 11.5 Å². The van der Waals surface area contributed by atoms with Crippen molar-refractivity contribution in [3.05, 3.63) is 47.8 Å². The van der Waals surface area contributed by atoms with Gasteiger partial charge in [-0.05, 0) is 49.7 Å². The molecule has 1 aromatic carbocycles. The van der Waals surface area contributed by atoms with Crippen LogP contribution in [0.5, 0.6) is 5.75 Å². The number of likely N-dealkylation sites (N-methyl/N-ethyl adjacent to an activating group) is 1. The van der Waals surface area contributed by atoms with E-state index in [1.54, 1.807) is 7.11 Å². The maximum Gasteiger partial charge on any atom is 0.178 e. The molecule has 27 heavy (non-hydrogen) atoms. The summed E-state index contributed by atoms with van der Waals surface area (Å²) < 4.78 is 7.25. The van der Waals surface area contributed by atoms with Crippen molar-refractivity contribution in [2.75, 3.05) is 32.1 Å². The molecule has 1 saturated carbocycles. The van der Waals surface area contributed by atoms with E-state index in [0.717, 1.165) is 42.7 Å². The Labute approximate surface area is 158 Å². The highest BCUT2D eigenvalue weighted by molar-refractivity contribution is 5.48. The highest BCUT2D eigenvalue weighted by Gasteiger charge is 2.32. The SMILES string of the molecule is COc1cccc(CN(C)C2CN(c3ccc4nnc(C5CC5)n4n3)C2)c1. The van der Waals surface area contributed by atoms with Crippen LogP contribution in [0.1, 0.15) is 30.1 Å². The third-order valence-electron chi connectivity index (χ3n) is 5.59. The molecule has 0 N–H and O–H groups in total. The maximum absolute atomic E-state index is 5.32. The predicted octanol–water partition coefficient (Wildman–Crippen LogP) is 2.33. The molecule has 0 radical (unpaired) electrons. The Hall–Kier alpha value is -2.67. The third-order valence-corrected chi connectivity index (χ3v) is 5.59. The van der Waals surface area contributed by atoms with Crippen molar-refractivity contribution in [2.24, 2.45) is 0 Å². The molecule has 7 nitrogen and oxygen atoms in total. The van der Waals surface area contributed by atoms with E-state index >= 15 is 0 Å². The van der Waals surface area contributed by atoms with Crippen LogP contribution >= 0.6 is 0 Å². The van der Waals surface area contributed by atoms with Gasteiger partial charge >= 0.3 is 0 Å². The van der Waals surface area contributed by atoms with Crippen molar-refractivity contribution in [3.63, 3.8) is 0 Å². The van der Waals surface area contributed by atoms with Gasteiger partial charge in [0.05, 0.1) is 7.11 Å². The largest absolute Gasteiger partial charge is 0.497 e. The van der Waals surface area contributed by atoms with Gasteiger partial charge in [0.1, 0.15) is 11.6 Å². The van der Waals surface area contributed by atoms with Gasteiger partial charge in [-0.3, -0.25) is 4.90 Å². The lowest BCUT2D eigenvalue weighted by atomic mass is 10.1. The van der Waals surface area contributed by atoms with Crippen LogP contribution in [0.2, 0.25) is 0 Å². The van der Waals surface area contributed by atoms with E-state index in [9.17, 15) is 0 Å². The second kappa shape index (κ2) is 6.49. The molecule has 1 aliphatic carbocycles. The van der Waals surface area contributed by atoms with Crippen LogP contribution in [0.15, 0.2) is 36.4 Å². The lowest BCUT2D eigenvalue weighted by Crippen LogP contribution is -2.58. The quantitative estimate of drug-likeness (QED) is 0.669. The summed E-state index contributed by atoms with van der Waals surface area (Å²) in [5.74, 6) is 3.48. The number of ether oxygens (including phenoxy) is 1. The van der Waals surface area contributed by atoms with Gasteiger partial charge in [-0.15, -0.1) is 15.3 Å². The summed E-state index contributed by atoms with van der Waals surface area (Å²) in [5, 5.41) is 13.4. The zero-order valence-corrected chi connectivity index (χ0v) is 15.7. The normalized spacial score (nSPS) is 17.5. The first-order chi connectivity index (χ1) is 13.2. The number of aromatic nitrogens is 4. The molecule has 1 aliphatic heterocycles. The Morgan fingerprint density at radius 2 is 2.00 bits per heavy atom. The van der Waals surface area contributed by atoms with E-state index in [1.165, 1.54) is 18.4 Å². The minimum absolute atomic E-state index is 0.525. The van der Waals surface area contributed by atoms with Crippen LogP contribution < -0.4 is 9.64 Å². The fraction of sp³-hybridized carbons (Fsp3) is 0.450. The zero-order chi connectivity index (χ0) is 18.4. The van der Waals surface area contributed by atoms with Gasteiger partial charge in [0.25, 0.3) is 0 Å². The number of benzene rings is 1. The summed E-state index contributed by atoms with van der Waals surface area (Å²) in [6, 6.07) is 12.9. The van der Waals surface area contributed by atoms with Crippen molar-refractivity contribution in [1.29, 1.82) is 0 Å². The van der Waals surface area contributed by atoms with Crippen molar-refractivity contribution in [3.8, 4) is 5.75 Å². The molecule has 0 amide bonds. The number of fused-ring (bicyclic) bond motifs is 1. The minimum Gasteiger partial charge on any atom is -0.497 e. The van der Waals surface area contributed by atoms with E-state index in [2.05, 4.69) is 45.2 Å². The smallest absolute Gasteiger partial charge is 0.178 e. The topological polar surface area (TPSA) is 58.8 Å². The first-order valence-electron chi connectivity index (χ1n) is 9.52. The Morgan fingerprint density at radius 1 is 1.15 bits per heavy atom. The second-order valence-electron chi connectivity index (χ2n) is 7.62. The summed E-state index contributed by atoms with van der Waals surface area (Å²) in [6.45, 7) is 2.89. The number of anilines is 1. The number of rotatable bonds is 6. The number of hydrogen-bond donors (Lipinski definition) is 0. The standard InChI is InChI=1S/C20H24N6O/c1-24(11-14-4-3-5-17(10-14)27-2)16-12-25(13-16)19-9-8-18-21-22-20(15-6-7-15)26(18)23-19/h3-5,8-10,15-16H,6-7,11-13H2,1-2H3. The molecule has 3 heterocycles. The summed E-state index contributed by atoms with van der Waals surface area (Å²) in [4.78, 5) is 4.72. The van der Waals surface area contributed by atoms with Crippen molar-refractivity contribution in [1.82, 2.24) is 24.7 Å². The monoisotopic (exact) mass is 364 g/mol. The molecule has 0 bridgehead atoms. The highest BCUT2D eigenvalue weighted by Crippen LogP contribution is 2.38. The summed E-state index contributed by atoms with van der Waals surface area (Å²) in [6.07, 6.45) is 2.40. The van der Waals surface area contributed by atoms with Gasteiger partial charge < -0.3 is 9.64 Å². The third kappa shape index (κ3) is 3.12. The van der Waals surface area contributed by atoms with Crippen molar-refractivity contribution >= 4 is 11.5 Å². The van der Waals surface area contributed by atoms with Crippen LogP contribution in [0.3, 0.4) is 0 Å². The molecule has 2 aromatic heterocycles. The molecule has 0 unspecified atom stereocenters. The van der Waals surface area contributed by atoms with E-state index in [4.69, 9.17) is 9.84 Å². The van der Waals surface area contributed by atoms with Crippen LogP contribution in [-0.2, 0) is 6.54 Å². The number of methoxy groups -OCH3 is 1. The molecule has 3 aromatic rings. The van der Waals surface area contributed by atoms with Crippen LogP contribution in [-0.4, -0.2) is 58.0 Å². The molecule has 2 aliphatic rings. The summed E-state index contributed by atoms with van der Waals surface area (Å²) in [7, 11) is 3.89. The molecule has 5 rings (SSSR count). The van der Waals surface area contributed by atoms with Gasteiger partial charge in [-0.1, -0.05) is 12.1 Å². The molecule has 7 heteroatoms. The van der Waals surface area contributed by atoms with Gasteiger partial charge in [0.2, 0.25) is 0 Å². The summed E-state index contributed by atoms with van der Waals surface area (Å²) >= 11 is 0. The fourth-order valence-corrected chi connectivity index (χ4v) is 3.67. The molecule has 140 valence electrons. The number of hydrogen-bond acceptors (Lipinski definition) is 6. The Morgan fingerprint density at radius 3 is 2.78 bits per heavy atom. The van der Waals surface area contributed by atoms with Gasteiger partial charge in [0, 0.05) is 31.6 Å². The molecule has 0 spiro atoms. The van der Waals surface area contributed by atoms with Crippen molar-refractivity contribution in [2.45, 2.75) is 31.3 Å². The molecule has 2 fully saturated rings. The zero-order valence-electron chi connectivity index (χ0n) is 15.7. The number of nitrogens with zero attached hydrogens (tertiary/aromatic N) is 6. The Bertz CT molecular complexity index is 960.